The normalized spacial score (nSPS) is 10.8. The van der Waals surface area contributed by atoms with E-state index in [0.717, 1.165) is 10.2 Å². The van der Waals surface area contributed by atoms with Crippen LogP contribution in [0.4, 0.5) is 4.39 Å². The molecule has 0 aliphatic rings. The van der Waals surface area contributed by atoms with Crippen LogP contribution in [-0.2, 0) is 6.42 Å². The van der Waals surface area contributed by atoms with Crippen LogP contribution in [0.3, 0.4) is 0 Å². The van der Waals surface area contributed by atoms with Gasteiger partial charge in [0.05, 0.1) is 5.69 Å². The van der Waals surface area contributed by atoms with Crippen molar-refractivity contribution in [2.24, 2.45) is 0 Å². The molecule has 4 nitrogen and oxygen atoms in total. The van der Waals surface area contributed by atoms with Crippen LogP contribution in [0.5, 0.6) is 0 Å². The summed E-state index contributed by atoms with van der Waals surface area (Å²) in [6.45, 7) is 0.473. The summed E-state index contributed by atoms with van der Waals surface area (Å²) in [6, 6.07) is 10.2. The minimum Gasteiger partial charge on any atom is -0.352 e. The Morgan fingerprint density at radius 2 is 1.95 bits per heavy atom. The summed E-state index contributed by atoms with van der Waals surface area (Å²) >= 11 is 3.33. The fourth-order valence-corrected chi connectivity index (χ4v) is 2.41. The zero-order chi connectivity index (χ0) is 15.5. The highest BCUT2D eigenvalue weighted by molar-refractivity contribution is 9.10. The Morgan fingerprint density at radius 3 is 2.73 bits per heavy atom. The first-order chi connectivity index (χ1) is 10.6. The fraction of sp³-hybridized carbons (Fsp3) is 0.125. The summed E-state index contributed by atoms with van der Waals surface area (Å²) in [6.07, 6.45) is 3.74. The maximum absolute atomic E-state index is 13.1. The van der Waals surface area contributed by atoms with Crippen molar-refractivity contribution in [2.75, 3.05) is 6.54 Å². The van der Waals surface area contributed by atoms with Gasteiger partial charge in [0.15, 0.2) is 0 Å². The summed E-state index contributed by atoms with van der Waals surface area (Å²) in [4.78, 5) is 16.3. The first-order valence-electron chi connectivity index (χ1n) is 6.79. The topological polar surface area (TPSA) is 46.4 Å². The van der Waals surface area contributed by atoms with E-state index in [4.69, 9.17) is 0 Å². The second-order valence-corrected chi connectivity index (χ2v) is 5.77. The average Bonchev–Trinajstić information content (AvgIpc) is 2.89. The molecule has 1 N–H and O–H groups in total. The number of rotatable bonds is 4. The molecular weight excluding hydrogens is 349 g/mol. The standard InChI is InChI=1S/C16H13BrFN3O/c17-12-3-1-11(2-4-12)16(22)19-8-7-14-10-21-9-13(18)5-6-15(21)20-14/h1-6,9-10H,7-8H2,(H,19,22). The molecule has 1 amide bonds. The smallest absolute Gasteiger partial charge is 0.251 e. The van der Waals surface area contributed by atoms with Gasteiger partial charge in [-0.15, -0.1) is 0 Å². The van der Waals surface area contributed by atoms with Crippen molar-refractivity contribution in [1.29, 1.82) is 0 Å². The number of carbonyl (C=O) groups is 1. The number of aromatic nitrogens is 2. The van der Waals surface area contributed by atoms with Gasteiger partial charge in [-0.3, -0.25) is 4.79 Å². The third-order valence-electron chi connectivity index (χ3n) is 3.24. The Kier molecular flexibility index (Phi) is 4.20. The Bertz CT molecular complexity index is 814. The van der Waals surface area contributed by atoms with Crippen LogP contribution in [0.1, 0.15) is 16.1 Å². The highest BCUT2D eigenvalue weighted by Crippen LogP contribution is 2.10. The molecule has 6 heteroatoms. The van der Waals surface area contributed by atoms with Crippen LogP contribution >= 0.6 is 15.9 Å². The summed E-state index contributed by atoms with van der Waals surface area (Å²) in [7, 11) is 0. The molecule has 22 heavy (non-hydrogen) atoms. The first kappa shape index (κ1) is 14.7. The molecule has 3 rings (SSSR count). The Labute approximate surface area is 135 Å². The van der Waals surface area contributed by atoms with Gasteiger partial charge >= 0.3 is 0 Å². The minimum absolute atomic E-state index is 0.123. The molecule has 0 saturated heterocycles. The number of benzene rings is 1. The quantitative estimate of drug-likeness (QED) is 0.775. The van der Waals surface area contributed by atoms with Crippen LogP contribution in [-0.4, -0.2) is 21.8 Å². The van der Waals surface area contributed by atoms with Crippen LogP contribution in [0.25, 0.3) is 5.65 Å². The molecule has 0 fully saturated rings. The Balaban J connectivity index is 1.59. The lowest BCUT2D eigenvalue weighted by Crippen LogP contribution is -2.25. The van der Waals surface area contributed by atoms with E-state index in [0.29, 0.717) is 24.2 Å². The van der Waals surface area contributed by atoms with Crippen LogP contribution in [0, 0.1) is 5.82 Å². The molecule has 0 atom stereocenters. The van der Waals surface area contributed by atoms with Crippen LogP contribution < -0.4 is 5.32 Å². The van der Waals surface area contributed by atoms with Crippen LogP contribution in [0.2, 0.25) is 0 Å². The molecule has 3 aromatic rings. The third kappa shape index (κ3) is 3.33. The number of amides is 1. The van der Waals surface area contributed by atoms with Crippen LogP contribution in [0.15, 0.2) is 53.3 Å². The number of fused-ring (bicyclic) bond motifs is 1. The van der Waals surface area contributed by atoms with E-state index in [9.17, 15) is 9.18 Å². The van der Waals surface area contributed by atoms with Gasteiger partial charge in [-0.2, -0.15) is 0 Å². The molecule has 1 aromatic carbocycles. The molecule has 0 unspecified atom stereocenters. The second-order valence-electron chi connectivity index (χ2n) is 4.86. The summed E-state index contributed by atoms with van der Waals surface area (Å²) in [5, 5.41) is 2.85. The number of pyridine rings is 1. The molecule has 0 aliphatic heterocycles. The monoisotopic (exact) mass is 361 g/mol. The first-order valence-corrected chi connectivity index (χ1v) is 7.58. The lowest BCUT2D eigenvalue weighted by atomic mass is 10.2. The van der Waals surface area contributed by atoms with E-state index in [1.54, 1.807) is 28.8 Å². The van der Waals surface area contributed by atoms with Crippen molar-refractivity contribution >= 4 is 27.5 Å². The lowest BCUT2D eigenvalue weighted by Gasteiger charge is -2.04. The van der Waals surface area contributed by atoms with Crippen molar-refractivity contribution in [1.82, 2.24) is 14.7 Å². The van der Waals surface area contributed by atoms with Crippen molar-refractivity contribution in [3.05, 3.63) is 70.3 Å². The van der Waals surface area contributed by atoms with Gasteiger partial charge in [0.1, 0.15) is 11.5 Å². The largest absolute Gasteiger partial charge is 0.352 e. The zero-order valence-electron chi connectivity index (χ0n) is 11.6. The second kappa shape index (κ2) is 6.27. The number of halogens is 2. The van der Waals surface area contributed by atoms with Crippen molar-refractivity contribution in [2.45, 2.75) is 6.42 Å². The number of hydrogen-bond donors (Lipinski definition) is 1. The van der Waals surface area contributed by atoms with E-state index < -0.39 is 0 Å². The van der Waals surface area contributed by atoms with Gasteiger partial charge in [0.2, 0.25) is 0 Å². The molecular formula is C16H13BrFN3O. The Morgan fingerprint density at radius 1 is 1.18 bits per heavy atom. The molecule has 0 saturated carbocycles. The molecule has 2 aromatic heterocycles. The maximum atomic E-state index is 13.1. The number of imidazole rings is 1. The highest BCUT2D eigenvalue weighted by Gasteiger charge is 2.06. The highest BCUT2D eigenvalue weighted by atomic mass is 79.9. The number of nitrogens with zero attached hydrogens (tertiary/aromatic N) is 2. The predicted octanol–water partition coefficient (Wildman–Crippen LogP) is 3.21. The summed E-state index contributed by atoms with van der Waals surface area (Å²) in [5.74, 6) is -0.428. The van der Waals surface area contributed by atoms with Gasteiger partial charge in [-0.05, 0) is 36.4 Å². The fourth-order valence-electron chi connectivity index (χ4n) is 2.15. The van der Waals surface area contributed by atoms with E-state index >= 15 is 0 Å². The molecule has 112 valence electrons. The maximum Gasteiger partial charge on any atom is 0.251 e. The van der Waals surface area contributed by atoms with Gasteiger partial charge in [0, 0.05) is 35.4 Å². The molecule has 0 bridgehead atoms. The van der Waals surface area contributed by atoms with E-state index in [-0.39, 0.29) is 11.7 Å². The number of hydrogen-bond acceptors (Lipinski definition) is 2. The van der Waals surface area contributed by atoms with Gasteiger partial charge in [-0.25, -0.2) is 9.37 Å². The molecule has 2 heterocycles. The Hall–Kier alpha value is -2.21. The van der Waals surface area contributed by atoms with Gasteiger partial charge < -0.3 is 9.72 Å². The number of nitrogens with one attached hydrogen (secondary N) is 1. The zero-order valence-corrected chi connectivity index (χ0v) is 13.2. The molecule has 0 aliphatic carbocycles. The molecule has 0 radical (unpaired) electrons. The van der Waals surface area contributed by atoms with Crippen molar-refractivity contribution < 1.29 is 9.18 Å². The third-order valence-corrected chi connectivity index (χ3v) is 3.77. The van der Waals surface area contributed by atoms with Crippen molar-refractivity contribution in [3.63, 3.8) is 0 Å². The van der Waals surface area contributed by atoms with E-state index in [1.807, 2.05) is 12.1 Å². The van der Waals surface area contributed by atoms with E-state index in [2.05, 4.69) is 26.2 Å². The minimum atomic E-state index is -0.306. The lowest BCUT2D eigenvalue weighted by molar-refractivity contribution is 0.0954. The van der Waals surface area contributed by atoms with Gasteiger partial charge in [0.25, 0.3) is 5.91 Å². The average molecular weight is 362 g/mol. The summed E-state index contributed by atoms with van der Waals surface area (Å²) < 4.78 is 15.7. The predicted molar refractivity (Wildman–Crippen MR) is 85.3 cm³/mol. The van der Waals surface area contributed by atoms with Gasteiger partial charge in [-0.1, -0.05) is 15.9 Å². The molecule has 0 spiro atoms. The summed E-state index contributed by atoms with van der Waals surface area (Å²) in [5.41, 5.74) is 2.11. The van der Waals surface area contributed by atoms with E-state index in [1.165, 1.54) is 12.3 Å². The number of carbonyl (C=O) groups excluding carboxylic acids is 1. The van der Waals surface area contributed by atoms with Crippen molar-refractivity contribution in [3.8, 4) is 0 Å². The SMILES string of the molecule is O=C(NCCc1cn2cc(F)ccc2n1)c1ccc(Br)cc1.